The Bertz CT molecular complexity index is 444. The van der Waals surface area contributed by atoms with Crippen molar-refractivity contribution in [3.8, 4) is 0 Å². The zero-order valence-electron chi connectivity index (χ0n) is 13.5. The summed E-state index contributed by atoms with van der Waals surface area (Å²) in [6, 6.07) is 3.63. The third kappa shape index (κ3) is 5.59. The van der Waals surface area contributed by atoms with Gasteiger partial charge in [-0.05, 0) is 44.7 Å². The molecule has 4 heteroatoms. The van der Waals surface area contributed by atoms with Crippen LogP contribution in [0.5, 0.6) is 0 Å². The van der Waals surface area contributed by atoms with Gasteiger partial charge < -0.3 is 10.6 Å². The number of hydrogen-bond donors (Lipinski definition) is 2. The molecule has 1 amide bonds. The minimum Gasteiger partial charge on any atom is -0.384 e. The molecule has 1 aromatic rings. The van der Waals surface area contributed by atoms with Gasteiger partial charge in [-0.3, -0.25) is 4.79 Å². The van der Waals surface area contributed by atoms with Crippen molar-refractivity contribution in [2.75, 3.05) is 11.9 Å². The van der Waals surface area contributed by atoms with Gasteiger partial charge in [0.15, 0.2) is 0 Å². The quantitative estimate of drug-likeness (QED) is 0.866. The highest BCUT2D eigenvalue weighted by Gasteiger charge is 2.27. The molecule has 2 N–H and O–H groups in total. The lowest BCUT2D eigenvalue weighted by Gasteiger charge is -2.33. The van der Waals surface area contributed by atoms with E-state index in [1.807, 2.05) is 26.8 Å². The molecule has 0 fully saturated rings. The van der Waals surface area contributed by atoms with Crippen LogP contribution in [0.1, 0.15) is 58.5 Å². The van der Waals surface area contributed by atoms with Crippen LogP contribution in [0, 0.1) is 5.41 Å². The van der Waals surface area contributed by atoms with Crippen LogP contribution in [0.2, 0.25) is 0 Å². The molecule has 0 saturated carbocycles. The number of hydrogen-bond acceptors (Lipinski definition) is 3. The molecule has 0 spiro atoms. The minimum absolute atomic E-state index is 0.123. The van der Waals surface area contributed by atoms with Gasteiger partial charge in [-0.25, -0.2) is 4.98 Å². The van der Waals surface area contributed by atoms with Gasteiger partial charge in [0.2, 0.25) is 0 Å². The van der Waals surface area contributed by atoms with Gasteiger partial charge >= 0.3 is 0 Å². The summed E-state index contributed by atoms with van der Waals surface area (Å²) < 4.78 is 0. The second-order valence-corrected chi connectivity index (χ2v) is 7.04. The average Bonchev–Trinajstić information content (AvgIpc) is 2.26. The number of amides is 1. The van der Waals surface area contributed by atoms with Crippen LogP contribution in [-0.2, 0) is 0 Å². The lowest BCUT2D eigenvalue weighted by Crippen LogP contribution is -2.46. The summed E-state index contributed by atoms with van der Waals surface area (Å²) in [6.07, 6.45) is 2.59. The third-order valence-electron chi connectivity index (χ3n) is 2.80. The number of anilines is 1. The van der Waals surface area contributed by atoms with Crippen molar-refractivity contribution in [3.05, 3.63) is 24.0 Å². The Morgan fingerprint density at radius 2 is 1.85 bits per heavy atom. The normalized spacial score (nSPS) is 12.1. The smallest absolute Gasteiger partial charge is 0.270 e. The first-order valence-electron chi connectivity index (χ1n) is 7.15. The molecule has 0 aliphatic heterocycles. The van der Waals surface area contributed by atoms with E-state index in [1.54, 1.807) is 12.3 Å². The number of rotatable bonds is 5. The van der Waals surface area contributed by atoms with E-state index >= 15 is 0 Å². The molecule has 1 heterocycles. The molecule has 0 aliphatic rings. The molecule has 0 unspecified atom stereocenters. The van der Waals surface area contributed by atoms with Crippen molar-refractivity contribution >= 4 is 11.6 Å². The summed E-state index contributed by atoms with van der Waals surface area (Å²) in [5.74, 6) is -0.123. The zero-order valence-corrected chi connectivity index (χ0v) is 13.5. The number of nitrogens with one attached hydrogen (secondary N) is 2. The summed E-state index contributed by atoms with van der Waals surface area (Å²) in [7, 11) is 0. The molecule has 0 bridgehead atoms. The van der Waals surface area contributed by atoms with Crippen molar-refractivity contribution in [2.45, 2.75) is 53.5 Å². The first kappa shape index (κ1) is 16.5. The van der Waals surface area contributed by atoms with Gasteiger partial charge in [0.05, 0.1) is 11.9 Å². The van der Waals surface area contributed by atoms with Crippen LogP contribution in [0.25, 0.3) is 0 Å². The van der Waals surface area contributed by atoms with E-state index in [2.05, 4.69) is 36.4 Å². The fourth-order valence-corrected chi connectivity index (χ4v) is 2.58. The summed E-state index contributed by atoms with van der Waals surface area (Å²) in [5.41, 5.74) is 1.29. The molecule has 0 radical (unpaired) electrons. The minimum atomic E-state index is -0.253. The maximum absolute atomic E-state index is 12.2. The Morgan fingerprint density at radius 1 is 1.20 bits per heavy atom. The van der Waals surface area contributed by atoms with E-state index in [4.69, 9.17) is 0 Å². The van der Waals surface area contributed by atoms with E-state index < -0.39 is 0 Å². The SMILES string of the molecule is CCNc1ccc(C(=O)NC(C)(C)CC(C)(C)C)nc1. The fourth-order valence-electron chi connectivity index (χ4n) is 2.58. The Hall–Kier alpha value is -1.58. The van der Waals surface area contributed by atoms with E-state index in [9.17, 15) is 4.79 Å². The van der Waals surface area contributed by atoms with E-state index in [0.717, 1.165) is 18.7 Å². The molecule has 0 atom stereocenters. The summed E-state index contributed by atoms with van der Waals surface area (Å²) >= 11 is 0. The highest BCUT2D eigenvalue weighted by Crippen LogP contribution is 2.26. The van der Waals surface area contributed by atoms with Crippen molar-refractivity contribution in [1.82, 2.24) is 10.3 Å². The first-order chi connectivity index (χ1) is 9.13. The van der Waals surface area contributed by atoms with Crippen molar-refractivity contribution < 1.29 is 4.79 Å². The number of aromatic nitrogens is 1. The van der Waals surface area contributed by atoms with Crippen LogP contribution < -0.4 is 10.6 Å². The monoisotopic (exact) mass is 277 g/mol. The lowest BCUT2D eigenvalue weighted by molar-refractivity contribution is 0.0886. The fraction of sp³-hybridized carbons (Fsp3) is 0.625. The van der Waals surface area contributed by atoms with Crippen LogP contribution in [0.15, 0.2) is 18.3 Å². The molecule has 1 aromatic heterocycles. The second kappa shape index (κ2) is 6.25. The van der Waals surface area contributed by atoms with Gasteiger partial charge in [-0.1, -0.05) is 20.8 Å². The lowest BCUT2D eigenvalue weighted by atomic mass is 9.82. The number of carbonyl (C=O) groups is 1. The molecule has 4 nitrogen and oxygen atoms in total. The Balaban J connectivity index is 2.70. The van der Waals surface area contributed by atoms with Gasteiger partial charge in [-0.15, -0.1) is 0 Å². The molecule has 1 rings (SSSR count). The van der Waals surface area contributed by atoms with Crippen LogP contribution >= 0.6 is 0 Å². The van der Waals surface area contributed by atoms with Gasteiger partial charge in [-0.2, -0.15) is 0 Å². The highest BCUT2D eigenvalue weighted by molar-refractivity contribution is 5.92. The number of carbonyl (C=O) groups excluding carboxylic acids is 1. The Kier molecular flexibility index (Phi) is 5.15. The zero-order chi connectivity index (χ0) is 15.4. The largest absolute Gasteiger partial charge is 0.384 e. The molecule has 0 aliphatic carbocycles. The maximum Gasteiger partial charge on any atom is 0.270 e. The predicted octanol–water partition coefficient (Wildman–Crippen LogP) is 3.46. The predicted molar refractivity (Wildman–Crippen MR) is 84.0 cm³/mol. The molecule has 0 saturated heterocycles. The van der Waals surface area contributed by atoms with Crippen LogP contribution in [0.4, 0.5) is 5.69 Å². The average molecular weight is 277 g/mol. The number of pyridine rings is 1. The molecule has 20 heavy (non-hydrogen) atoms. The van der Waals surface area contributed by atoms with E-state index in [-0.39, 0.29) is 16.9 Å². The standard InChI is InChI=1S/C16H27N3O/c1-7-17-12-8-9-13(18-10-12)14(20)19-16(5,6)11-15(2,3)4/h8-10,17H,7,11H2,1-6H3,(H,19,20). The molecular formula is C16H27N3O. The van der Waals surface area contributed by atoms with E-state index in [0.29, 0.717) is 5.69 Å². The van der Waals surface area contributed by atoms with E-state index in [1.165, 1.54) is 0 Å². The molecule has 0 aromatic carbocycles. The van der Waals surface area contributed by atoms with Crippen molar-refractivity contribution in [2.24, 2.45) is 5.41 Å². The summed E-state index contributed by atoms with van der Waals surface area (Å²) in [5, 5.41) is 6.22. The van der Waals surface area contributed by atoms with Crippen LogP contribution in [-0.4, -0.2) is 23.0 Å². The van der Waals surface area contributed by atoms with Crippen LogP contribution in [0.3, 0.4) is 0 Å². The van der Waals surface area contributed by atoms with Gasteiger partial charge in [0.1, 0.15) is 5.69 Å². The van der Waals surface area contributed by atoms with Crippen molar-refractivity contribution in [1.29, 1.82) is 0 Å². The number of nitrogens with zero attached hydrogens (tertiary/aromatic N) is 1. The van der Waals surface area contributed by atoms with Gasteiger partial charge in [0.25, 0.3) is 5.91 Å². The highest BCUT2D eigenvalue weighted by atomic mass is 16.2. The summed E-state index contributed by atoms with van der Waals surface area (Å²) in [4.78, 5) is 16.4. The third-order valence-corrected chi connectivity index (χ3v) is 2.80. The molecular weight excluding hydrogens is 250 g/mol. The maximum atomic E-state index is 12.2. The van der Waals surface area contributed by atoms with Crippen molar-refractivity contribution in [3.63, 3.8) is 0 Å². The topological polar surface area (TPSA) is 54.0 Å². The second-order valence-electron chi connectivity index (χ2n) is 7.04. The Morgan fingerprint density at radius 3 is 2.30 bits per heavy atom. The first-order valence-corrected chi connectivity index (χ1v) is 7.15. The summed E-state index contributed by atoms with van der Waals surface area (Å²) in [6.45, 7) is 13.5. The molecule has 112 valence electrons. The van der Waals surface area contributed by atoms with Gasteiger partial charge in [0, 0.05) is 12.1 Å². The Labute approximate surface area is 122 Å².